The van der Waals surface area contributed by atoms with Crippen molar-refractivity contribution in [3.05, 3.63) is 48.3 Å². The second kappa shape index (κ2) is 6.34. The molecule has 0 aliphatic rings. The molecule has 106 valence electrons. The Morgan fingerprint density at radius 3 is 2.70 bits per heavy atom. The summed E-state index contributed by atoms with van der Waals surface area (Å²) in [5.74, 6) is -0.294. The average Bonchev–Trinajstić information content (AvgIpc) is 2.88. The zero-order valence-corrected chi connectivity index (χ0v) is 11.8. The first-order valence-electron chi connectivity index (χ1n) is 6.70. The molecule has 20 heavy (non-hydrogen) atoms. The van der Waals surface area contributed by atoms with Gasteiger partial charge in [0.2, 0.25) is 5.91 Å². The van der Waals surface area contributed by atoms with Crippen molar-refractivity contribution in [3.63, 3.8) is 0 Å². The molecule has 0 saturated carbocycles. The second-order valence-corrected chi connectivity index (χ2v) is 5.01. The molecule has 0 aliphatic heterocycles. The van der Waals surface area contributed by atoms with Gasteiger partial charge >= 0.3 is 0 Å². The van der Waals surface area contributed by atoms with Crippen molar-refractivity contribution in [3.8, 4) is 5.69 Å². The minimum atomic E-state index is -0.294. The molecule has 5 nitrogen and oxygen atoms in total. The zero-order chi connectivity index (χ0) is 14.5. The van der Waals surface area contributed by atoms with E-state index in [1.54, 1.807) is 0 Å². The summed E-state index contributed by atoms with van der Waals surface area (Å²) in [6, 6.07) is 10.1. The summed E-state index contributed by atoms with van der Waals surface area (Å²) < 4.78 is 1.84. The second-order valence-electron chi connectivity index (χ2n) is 5.01. The van der Waals surface area contributed by atoms with Gasteiger partial charge in [-0.2, -0.15) is 5.10 Å². The number of nitrogens with two attached hydrogens (primary N) is 1. The molecular formula is C15H20N4O. The average molecular weight is 272 g/mol. The number of hydrogen-bond donors (Lipinski definition) is 2. The monoisotopic (exact) mass is 272 g/mol. The van der Waals surface area contributed by atoms with Crippen molar-refractivity contribution < 1.29 is 4.79 Å². The molecule has 0 radical (unpaired) electrons. The van der Waals surface area contributed by atoms with Gasteiger partial charge in [-0.3, -0.25) is 4.79 Å². The van der Waals surface area contributed by atoms with Crippen LogP contribution in [-0.2, 0) is 4.79 Å². The number of rotatable bonds is 6. The van der Waals surface area contributed by atoms with E-state index in [2.05, 4.69) is 10.4 Å². The standard InChI is InChI=1S/C15H20N4O/c1-11(8-15(16)20)18-12(2)13-9-17-19(10-13)14-6-4-3-5-7-14/h3-7,9-12,18H,8H2,1-2H3,(H2,16,20). The first kappa shape index (κ1) is 14.3. The Morgan fingerprint density at radius 2 is 2.05 bits per heavy atom. The summed E-state index contributed by atoms with van der Waals surface area (Å²) in [4.78, 5) is 10.9. The van der Waals surface area contributed by atoms with Gasteiger partial charge in [-0.05, 0) is 26.0 Å². The lowest BCUT2D eigenvalue weighted by molar-refractivity contribution is -0.118. The lowest BCUT2D eigenvalue weighted by Gasteiger charge is -2.17. The third-order valence-corrected chi connectivity index (χ3v) is 3.17. The van der Waals surface area contributed by atoms with Crippen molar-refractivity contribution in [2.45, 2.75) is 32.4 Å². The Bertz CT molecular complexity index is 564. The van der Waals surface area contributed by atoms with Crippen LogP contribution in [0.3, 0.4) is 0 Å². The molecule has 3 N–H and O–H groups in total. The summed E-state index contributed by atoms with van der Waals surface area (Å²) in [5.41, 5.74) is 7.29. The van der Waals surface area contributed by atoms with E-state index in [4.69, 9.17) is 5.73 Å². The van der Waals surface area contributed by atoms with Crippen LogP contribution in [0.15, 0.2) is 42.7 Å². The van der Waals surface area contributed by atoms with Crippen LogP contribution in [-0.4, -0.2) is 21.7 Å². The Morgan fingerprint density at radius 1 is 1.35 bits per heavy atom. The molecule has 0 aliphatic carbocycles. The first-order chi connectivity index (χ1) is 9.56. The molecule has 2 atom stereocenters. The Balaban J connectivity index is 2.03. The van der Waals surface area contributed by atoms with Gasteiger partial charge in [-0.15, -0.1) is 0 Å². The molecule has 0 saturated heterocycles. The van der Waals surface area contributed by atoms with Crippen molar-refractivity contribution in [1.82, 2.24) is 15.1 Å². The van der Waals surface area contributed by atoms with E-state index in [0.717, 1.165) is 11.3 Å². The van der Waals surface area contributed by atoms with Gasteiger partial charge in [-0.25, -0.2) is 4.68 Å². The smallest absolute Gasteiger partial charge is 0.218 e. The van der Waals surface area contributed by atoms with Gasteiger partial charge in [0.1, 0.15) is 0 Å². The van der Waals surface area contributed by atoms with E-state index in [1.807, 2.05) is 61.3 Å². The van der Waals surface area contributed by atoms with Crippen LogP contribution in [0.4, 0.5) is 0 Å². The zero-order valence-electron chi connectivity index (χ0n) is 11.8. The molecular weight excluding hydrogens is 252 g/mol. The molecule has 0 fully saturated rings. The summed E-state index contributed by atoms with van der Waals surface area (Å²) in [7, 11) is 0. The van der Waals surface area contributed by atoms with Crippen LogP contribution >= 0.6 is 0 Å². The Kier molecular flexibility index (Phi) is 4.53. The van der Waals surface area contributed by atoms with Gasteiger partial charge < -0.3 is 11.1 Å². The number of nitrogens with zero attached hydrogens (tertiary/aromatic N) is 2. The van der Waals surface area contributed by atoms with E-state index < -0.39 is 0 Å². The van der Waals surface area contributed by atoms with E-state index >= 15 is 0 Å². The SMILES string of the molecule is CC(CC(N)=O)NC(C)c1cnn(-c2ccccc2)c1. The summed E-state index contributed by atoms with van der Waals surface area (Å²) in [6.45, 7) is 3.99. The molecule has 2 rings (SSSR count). The number of nitrogens with one attached hydrogen (secondary N) is 1. The van der Waals surface area contributed by atoms with E-state index in [1.165, 1.54) is 0 Å². The van der Waals surface area contributed by atoms with Gasteiger partial charge in [0.05, 0.1) is 11.9 Å². The van der Waals surface area contributed by atoms with E-state index in [0.29, 0.717) is 6.42 Å². The molecule has 1 aromatic carbocycles. The number of primary amides is 1. The number of carbonyl (C=O) groups excluding carboxylic acids is 1. The summed E-state index contributed by atoms with van der Waals surface area (Å²) in [6.07, 6.45) is 4.16. The van der Waals surface area contributed by atoms with Gasteiger partial charge in [0.25, 0.3) is 0 Å². The van der Waals surface area contributed by atoms with Crippen LogP contribution < -0.4 is 11.1 Å². The van der Waals surface area contributed by atoms with Gasteiger partial charge in [-0.1, -0.05) is 18.2 Å². The van der Waals surface area contributed by atoms with Gasteiger partial charge in [0, 0.05) is 30.3 Å². The van der Waals surface area contributed by atoms with Crippen molar-refractivity contribution in [2.75, 3.05) is 0 Å². The molecule has 5 heteroatoms. The van der Waals surface area contributed by atoms with Crippen LogP contribution in [0.1, 0.15) is 31.9 Å². The predicted octanol–water partition coefficient (Wildman–Crippen LogP) is 1.79. The predicted molar refractivity (Wildman–Crippen MR) is 78.4 cm³/mol. The fourth-order valence-corrected chi connectivity index (χ4v) is 2.17. The molecule has 2 aromatic rings. The fraction of sp³-hybridized carbons (Fsp3) is 0.333. The van der Waals surface area contributed by atoms with E-state index in [9.17, 15) is 4.79 Å². The molecule has 1 amide bonds. The quantitative estimate of drug-likeness (QED) is 0.842. The summed E-state index contributed by atoms with van der Waals surface area (Å²) in [5, 5.41) is 7.70. The first-order valence-corrected chi connectivity index (χ1v) is 6.70. The Hall–Kier alpha value is -2.14. The van der Waals surface area contributed by atoms with Crippen LogP contribution in [0.5, 0.6) is 0 Å². The fourth-order valence-electron chi connectivity index (χ4n) is 2.17. The number of para-hydroxylation sites is 1. The molecule has 0 spiro atoms. The van der Waals surface area contributed by atoms with Crippen molar-refractivity contribution in [2.24, 2.45) is 5.73 Å². The van der Waals surface area contributed by atoms with Gasteiger partial charge in [0.15, 0.2) is 0 Å². The lowest BCUT2D eigenvalue weighted by atomic mass is 10.1. The van der Waals surface area contributed by atoms with Crippen molar-refractivity contribution >= 4 is 5.91 Å². The highest BCUT2D eigenvalue weighted by atomic mass is 16.1. The minimum Gasteiger partial charge on any atom is -0.370 e. The molecule has 1 aromatic heterocycles. The van der Waals surface area contributed by atoms with Crippen LogP contribution in [0, 0.1) is 0 Å². The topological polar surface area (TPSA) is 72.9 Å². The number of amides is 1. The summed E-state index contributed by atoms with van der Waals surface area (Å²) >= 11 is 0. The third-order valence-electron chi connectivity index (χ3n) is 3.17. The largest absolute Gasteiger partial charge is 0.370 e. The highest BCUT2D eigenvalue weighted by Crippen LogP contribution is 2.15. The number of carbonyl (C=O) groups is 1. The van der Waals surface area contributed by atoms with E-state index in [-0.39, 0.29) is 18.0 Å². The van der Waals surface area contributed by atoms with Crippen LogP contribution in [0.25, 0.3) is 5.69 Å². The molecule has 1 heterocycles. The van der Waals surface area contributed by atoms with Crippen LogP contribution in [0.2, 0.25) is 0 Å². The highest BCUT2D eigenvalue weighted by molar-refractivity contribution is 5.74. The third kappa shape index (κ3) is 3.68. The number of benzene rings is 1. The lowest BCUT2D eigenvalue weighted by Crippen LogP contribution is -2.32. The highest BCUT2D eigenvalue weighted by Gasteiger charge is 2.13. The number of aromatic nitrogens is 2. The maximum absolute atomic E-state index is 10.9. The Labute approximate surface area is 118 Å². The maximum atomic E-state index is 10.9. The number of hydrogen-bond acceptors (Lipinski definition) is 3. The maximum Gasteiger partial charge on any atom is 0.218 e. The molecule has 0 bridgehead atoms. The molecule has 2 unspecified atom stereocenters. The minimum absolute atomic E-state index is 0.0441. The van der Waals surface area contributed by atoms with Crippen molar-refractivity contribution in [1.29, 1.82) is 0 Å². The normalized spacial score (nSPS) is 13.9.